The van der Waals surface area contributed by atoms with E-state index < -0.39 is 12.3 Å². The molecule has 2 atom stereocenters. The fourth-order valence-electron chi connectivity index (χ4n) is 5.76. The number of hydrogen-bond donors (Lipinski definition) is 2. The molecule has 1 aliphatic carbocycles. The SMILES string of the molecule is O=C(NC(CCc1ccccc1)CNc1ccc(OC(F)(F)F)cc1)C(CCC1CCCC1)CC(=O)N1CCOCC1. The second-order valence-electron chi connectivity index (χ2n) is 11.3. The molecule has 1 saturated carbocycles. The molecule has 42 heavy (non-hydrogen) atoms. The van der Waals surface area contributed by atoms with Crippen molar-refractivity contribution < 1.29 is 32.2 Å². The zero-order chi connectivity index (χ0) is 29.8. The van der Waals surface area contributed by atoms with Crippen LogP contribution in [0, 0.1) is 11.8 Å². The average Bonchev–Trinajstić information content (AvgIpc) is 3.51. The minimum atomic E-state index is -4.75. The maximum Gasteiger partial charge on any atom is 0.573 e. The maximum absolute atomic E-state index is 13.7. The Bertz CT molecular complexity index is 1100. The number of ether oxygens (including phenoxy) is 2. The van der Waals surface area contributed by atoms with Gasteiger partial charge in [0.25, 0.3) is 0 Å². The van der Waals surface area contributed by atoms with Crippen LogP contribution in [0.1, 0.15) is 56.9 Å². The number of aryl methyl sites for hydroxylation is 1. The summed E-state index contributed by atoms with van der Waals surface area (Å²) in [5, 5.41) is 6.46. The predicted molar refractivity (Wildman–Crippen MR) is 155 cm³/mol. The Morgan fingerprint density at radius 2 is 1.67 bits per heavy atom. The fraction of sp³-hybridized carbons (Fsp3) is 0.562. The molecule has 230 valence electrons. The molecule has 2 unspecified atom stereocenters. The number of alkyl halides is 3. The van der Waals surface area contributed by atoms with Gasteiger partial charge < -0.3 is 25.0 Å². The number of hydrogen-bond acceptors (Lipinski definition) is 5. The van der Waals surface area contributed by atoms with Gasteiger partial charge in [0.15, 0.2) is 0 Å². The van der Waals surface area contributed by atoms with Crippen molar-refractivity contribution in [2.45, 2.75) is 70.2 Å². The molecule has 1 heterocycles. The summed E-state index contributed by atoms with van der Waals surface area (Å²) in [6, 6.07) is 15.3. The maximum atomic E-state index is 13.7. The molecular weight excluding hydrogens is 547 g/mol. The van der Waals surface area contributed by atoms with Gasteiger partial charge in [0, 0.05) is 43.7 Å². The Hall–Kier alpha value is -3.27. The van der Waals surface area contributed by atoms with Gasteiger partial charge in [0.1, 0.15) is 5.75 Å². The summed E-state index contributed by atoms with van der Waals surface area (Å²) in [6.45, 7) is 2.51. The smallest absolute Gasteiger partial charge is 0.406 e. The van der Waals surface area contributed by atoms with E-state index in [9.17, 15) is 22.8 Å². The van der Waals surface area contributed by atoms with Crippen LogP contribution in [0.3, 0.4) is 0 Å². The molecule has 2 aromatic carbocycles. The highest BCUT2D eigenvalue weighted by atomic mass is 19.4. The van der Waals surface area contributed by atoms with Crippen LogP contribution in [0.5, 0.6) is 5.75 Å². The van der Waals surface area contributed by atoms with Gasteiger partial charge in [-0.25, -0.2) is 0 Å². The van der Waals surface area contributed by atoms with Crippen LogP contribution < -0.4 is 15.4 Å². The quantitative estimate of drug-likeness (QED) is 0.285. The predicted octanol–water partition coefficient (Wildman–Crippen LogP) is 5.95. The zero-order valence-electron chi connectivity index (χ0n) is 24.0. The lowest BCUT2D eigenvalue weighted by molar-refractivity contribution is -0.274. The molecule has 2 aliphatic rings. The number of amides is 2. The normalized spacial score (nSPS) is 17.5. The molecule has 2 fully saturated rings. The van der Waals surface area contributed by atoms with E-state index in [1.807, 2.05) is 30.3 Å². The van der Waals surface area contributed by atoms with Crippen molar-refractivity contribution in [2.24, 2.45) is 11.8 Å². The van der Waals surface area contributed by atoms with Crippen LogP contribution in [0.25, 0.3) is 0 Å². The van der Waals surface area contributed by atoms with Crippen LogP contribution in [0.15, 0.2) is 54.6 Å². The van der Waals surface area contributed by atoms with Crippen molar-refractivity contribution in [1.29, 1.82) is 0 Å². The Morgan fingerprint density at radius 1 is 0.976 bits per heavy atom. The highest BCUT2D eigenvalue weighted by Gasteiger charge is 2.31. The third-order valence-electron chi connectivity index (χ3n) is 8.16. The lowest BCUT2D eigenvalue weighted by Crippen LogP contribution is -2.46. The molecule has 2 amide bonds. The first-order valence-corrected chi connectivity index (χ1v) is 15.0. The number of carbonyl (C=O) groups is 2. The topological polar surface area (TPSA) is 79.9 Å². The Kier molecular flexibility index (Phi) is 11.9. The summed E-state index contributed by atoms with van der Waals surface area (Å²) in [6.07, 6.45) is 3.26. The number of anilines is 1. The van der Waals surface area contributed by atoms with Gasteiger partial charge in [-0.15, -0.1) is 13.2 Å². The highest BCUT2D eigenvalue weighted by molar-refractivity contribution is 5.86. The third-order valence-corrected chi connectivity index (χ3v) is 8.16. The number of carbonyl (C=O) groups excluding carboxylic acids is 2. The van der Waals surface area contributed by atoms with E-state index in [4.69, 9.17) is 4.74 Å². The fourth-order valence-corrected chi connectivity index (χ4v) is 5.76. The van der Waals surface area contributed by atoms with Crippen LogP contribution in [0.2, 0.25) is 0 Å². The zero-order valence-corrected chi connectivity index (χ0v) is 24.0. The van der Waals surface area contributed by atoms with Gasteiger partial charge in [0.2, 0.25) is 11.8 Å². The molecule has 1 saturated heterocycles. The summed E-state index contributed by atoms with van der Waals surface area (Å²) >= 11 is 0. The van der Waals surface area contributed by atoms with Crippen molar-refractivity contribution in [1.82, 2.24) is 10.2 Å². The molecule has 0 bridgehead atoms. The number of morpholine rings is 1. The van der Waals surface area contributed by atoms with E-state index >= 15 is 0 Å². The minimum absolute atomic E-state index is 0.00926. The van der Waals surface area contributed by atoms with Crippen LogP contribution >= 0.6 is 0 Å². The molecule has 4 rings (SSSR count). The number of benzene rings is 2. The molecule has 7 nitrogen and oxygen atoms in total. The summed E-state index contributed by atoms with van der Waals surface area (Å²) in [5.41, 5.74) is 1.76. The summed E-state index contributed by atoms with van der Waals surface area (Å²) < 4.78 is 46.9. The Balaban J connectivity index is 1.41. The molecule has 1 aliphatic heterocycles. The molecule has 0 aromatic heterocycles. The number of nitrogens with one attached hydrogen (secondary N) is 2. The van der Waals surface area contributed by atoms with Crippen molar-refractivity contribution in [3.63, 3.8) is 0 Å². The average molecular weight is 590 g/mol. The molecular formula is C32H42F3N3O4. The van der Waals surface area contributed by atoms with E-state index in [-0.39, 0.29) is 30.0 Å². The van der Waals surface area contributed by atoms with Crippen molar-refractivity contribution in [3.8, 4) is 5.75 Å². The van der Waals surface area contributed by atoms with E-state index in [0.29, 0.717) is 57.3 Å². The van der Waals surface area contributed by atoms with Crippen LogP contribution in [-0.4, -0.2) is 62.0 Å². The van der Waals surface area contributed by atoms with Crippen molar-refractivity contribution in [3.05, 3.63) is 60.2 Å². The summed E-state index contributed by atoms with van der Waals surface area (Å²) in [7, 11) is 0. The van der Waals surface area contributed by atoms with Crippen LogP contribution in [-0.2, 0) is 20.7 Å². The highest BCUT2D eigenvalue weighted by Crippen LogP contribution is 2.31. The largest absolute Gasteiger partial charge is 0.573 e. The first-order chi connectivity index (χ1) is 20.2. The van der Waals surface area contributed by atoms with Crippen LogP contribution in [0.4, 0.5) is 18.9 Å². The molecule has 0 spiro atoms. The lowest BCUT2D eigenvalue weighted by atomic mass is 9.91. The number of nitrogens with zero attached hydrogens (tertiary/aromatic N) is 1. The van der Waals surface area contributed by atoms with E-state index in [1.54, 1.807) is 4.90 Å². The number of rotatable bonds is 14. The minimum Gasteiger partial charge on any atom is -0.406 e. The first kappa shape index (κ1) is 31.7. The van der Waals surface area contributed by atoms with Gasteiger partial charge >= 0.3 is 6.36 Å². The van der Waals surface area contributed by atoms with Gasteiger partial charge in [-0.2, -0.15) is 0 Å². The molecule has 10 heteroatoms. The van der Waals surface area contributed by atoms with E-state index in [0.717, 1.165) is 18.4 Å². The molecule has 0 radical (unpaired) electrons. The van der Waals surface area contributed by atoms with E-state index in [1.165, 1.54) is 49.9 Å². The van der Waals surface area contributed by atoms with Gasteiger partial charge in [-0.05, 0) is 61.4 Å². The van der Waals surface area contributed by atoms with Gasteiger partial charge in [-0.3, -0.25) is 9.59 Å². The standard InChI is InChI=1S/C32H42F3N3O4/c33-32(34,35)42-29-16-14-27(15-17-29)36-23-28(13-11-25-6-2-1-3-7-25)37-31(40)26(12-10-24-8-4-5-9-24)22-30(39)38-18-20-41-21-19-38/h1-3,6-7,14-17,24,26,28,36H,4-5,8-13,18-23H2,(H,37,40). The molecule has 2 aromatic rings. The Morgan fingerprint density at radius 3 is 2.33 bits per heavy atom. The molecule has 2 N–H and O–H groups in total. The number of halogens is 3. The third kappa shape index (κ3) is 10.9. The first-order valence-electron chi connectivity index (χ1n) is 15.0. The Labute approximate surface area is 246 Å². The van der Waals surface area contributed by atoms with E-state index in [2.05, 4.69) is 15.4 Å². The summed E-state index contributed by atoms with van der Waals surface area (Å²) in [4.78, 5) is 28.6. The second kappa shape index (κ2) is 15.8. The summed E-state index contributed by atoms with van der Waals surface area (Å²) in [5.74, 6) is -0.233. The van der Waals surface area contributed by atoms with Crippen molar-refractivity contribution in [2.75, 3.05) is 38.2 Å². The second-order valence-corrected chi connectivity index (χ2v) is 11.3. The lowest BCUT2D eigenvalue weighted by Gasteiger charge is -2.29. The van der Waals surface area contributed by atoms with Gasteiger partial charge in [-0.1, -0.05) is 56.0 Å². The monoisotopic (exact) mass is 589 g/mol. The van der Waals surface area contributed by atoms with Crippen molar-refractivity contribution >= 4 is 17.5 Å². The van der Waals surface area contributed by atoms with Gasteiger partial charge in [0.05, 0.1) is 13.2 Å².